The van der Waals surface area contributed by atoms with Crippen LogP contribution in [-0.2, 0) is 23.9 Å². The zero-order valence-corrected chi connectivity index (χ0v) is 13.2. The van der Waals surface area contributed by atoms with E-state index in [0.29, 0.717) is 0 Å². The lowest BCUT2D eigenvalue weighted by Crippen LogP contribution is -2.24. The van der Waals surface area contributed by atoms with Crippen LogP contribution in [0.5, 0.6) is 0 Å². The van der Waals surface area contributed by atoms with Gasteiger partial charge >= 0.3 is 11.9 Å². The van der Waals surface area contributed by atoms with E-state index in [1.54, 1.807) is 6.92 Å². The highest BCUT2D eigenvalue weighted by atomic mass is 28.3. The van der Waals surface area contributed by atoms with E-state index in [1.165, 1.54) is 6.92 Å². The fourth-order valence-corrected chi connectivity index (χ4v) is 1.85. The van der Waals surface area contributed by atoms with Crippen LogP contribution >= 0.6 is 0 Å². The highest BCUT2D eigenvalue weighted by Crippen LogP contribution is 2.09. The van der Waals surface area contributed by atoms with E-state index in [-0.39, 0.29) is 18.8 Å². The molecule has 0 saturated heterocycles. The number of rotatable bonds is 7. The molecule has 0 heterocycles. The van der Waals surface area contributed by atoms with Crippen molar-refractivity contribution in [2.45, 2.75) is 39.5 Å². The first-order chi connectivity index (χ1) is 8.67. The van der Waals surface area contributed by atoms with E-state index in [4.69, 9.17) is 4.74 Å². The minimum absolute atomic E-state index is 0.186. The lowest BCUT2D eigenvalue weighted by atomic mass is 10.2. The van der Waals surface area contributed by atoms with Crippen LogP contribution in [0.3, 0.4) is 0 Å². The number of carbonyl (C=O) groups excluding carboxylic acids is 3. The van der Waals surface area contributed by atoms with Crippen molar-refractivity contribution in [3.05, 3.63) is 11.6 Å². The van der Waals surface area contributed by atoms with Gasteiger partial charge in [-0.05, 0) is 19.9 Å². The van der Waals surface area contributed by atoms with Gasteiger partial charge in [0.05, 0.1) is 13.2 Å². The Morgan fingerprint density at radius 3 is 2.11 bits per heavy atom. The highest BCUT2D eigenvalue weighted by Gasteiger charge is 2.20. The third kappa shape index (κ3) is 8.31. The van der Waals surface area contributed by atoms with Crippen LogP contribution in [0.15, 0.2) is 11.6 Å². The molecular weight excluding hydrogens is 264 g/mol. The molecule has 6 heteroatoms. The molecule has 0 saturated carbocycles. The van der Waals surface area contributed by atoms with Gasteiger partial charge in [-0.2, -0.15) is 0 Å². The summed E-state index contributed by atoms with van der Waals surface area (Å²) in [7, 11) is -1.30. The summed E-state index contributed by atoms with van der Waals surface area (Å²) in [5.74, 6) is -1.99. The van der Waals surface area contributed by atoms with Crippen molar-refractivity contribution in [3.63, 3.8) is 0 Å². The monoisotopic (exact) mass is 286 g/mol. The third-order valence-electron chi connectivity index (χ3n) is 2.23. The molecule has 0 amide bonds. The van der Waals surface area contributed by atoms with Gasteiger partial charge in [0, 0.05) is 14.1 Å². The molecule has 0 atom stereocenters. The van der Waals surface area contributed by atoms with Crippen molar-refractivity contribution in [1.82, 2.24) is 0 Å². The Kier molecular flexibility index (Phi) is 7.29. The molecule has 0 N–H and O–H groups in total. The number of ketones is 1. The molecule has 0 unspecified atom stereocenters. The largest absolute Gasteiger partial charge is 0.463 e. The number of esters is 2. The molecular formula is C13H22O5Si. The van der Waals surface area contributed by atoms with E-state index in [0.717, 1.165) is 12.1 Å². The number of hydrogen-bond acceptors (Lipinski definition) is 5. The lowest BCUT2D eigenvalue weighted by molar-refractivity contribution is -0.142. The summed E-state index contributed by atoms with van der Waals surface area (Å²) in [5, 5.41) is 0. The standard InChI is InChI=1S/C13H22O5Si/c1-6-17-12(15)9-11(10(2)14)13(16)18-7-8-19(3,4)5/h9H,6-8H2,1-5H3. The second kappa shape index (κ2) is 7.88. The van der Waals surface area contributed by atoms with E-state index < -0.39 is 25.8 Å². The van der Waals surface area contributed by atoms with Gasteiger partial charge in [-0.15, -0.1) is 0 Å². The molecule has 0 aliphatic rings. The van der Waals surface area contributed by atoms with Gasteiger partial charge in [0.2, 0.25) is 0 Å². The first kappa shape index (κ1) is 17.6. The molecule has 0 rings (SSSR count). The van der Waals surface area contributed by atoms with E-state index in [1.807, 2.05) is 0 Å². The molecule has 19 heavy (non-hydrogen) atoms. The summed E-state index contributed by atoms with van der Waals surface area (Å²) in [6.45, 7) is 9.77. The van der Waals surface area contributed by atoms with Crippen LogP contribution in [0.25, 0.3) is 0 Å². The van der Waals surface area contributed by atoms with Crippen molar-refractivity contribution in [3.8, 4) is 0 Å². The predicted molar refractivity (Wildman–Crippen MR) is 74.5 cm³/mol. The zero-order valence-electron chi connectivity index (χ0n) is 12.2. The fraction of sp³-hybridized carbons (Fsp3) is 0.615. The van der Waals surface area contributed by atoms with Gasteiger partial charge < -0.3 is 9.47 Å². The topological polar surface area (TPSA) is 69.7 Å². The van der Waals surface area contributed by atoms with E-state index in [9.17, 15) is 14.4 Å². The third-order valence-corrected chi connectivity index (χ3v) is 3.94. The minimum atomic E-state index is -1.30. The number of hydrogen-bond donors (Lipinski definition) is 0. The van der Waals surface area contributed by atoms with Gasteiger partial charge in [0.25, 0.3) is 0 Å². The first-order valence-electron chi connectivity index (χ1n) is 6.24. The van der Waals surface area contributed by atoms with Crippen LogP contribution in [-0.4, -0.2) is 39.0 Å². The second-order valence-corrected chi connectivity index (χ2v) is 10.9. The van der Waals surface area contributed by atoms with Gasteiger partial charge in [0.1, 0.15) is 5.57 Å². The molecule has 108 valence electrons. The normalized spacial score (nSPS) is 11.9. The summed E-state index contributed by atoms with van der Waals surface area (Å²) in [5.41, 5.74) is -0.269. The summed E-state index contributed by atoms with van der Waals surface area (Å²) in [4.78, 5) is 34.3. The number of Topliss-reactive ketones (excluding diaryl/α,β-unsaturated/α-hetero) is 1. The molecule has 0 aromatic rings. The maximum absolute atomic E-state index is 11.7. The quantitative estimate of drug-likeness (QED) is 0.235. The van der Waals surface area contributed by atoms with Gasteiger partial charge in [0.15, 0.2) is 5.78 Å². The maximum Gasteiger partial charge on any atom is 0.342 e. The van der Waals surface area contributed by atoms with Crippen molar-refractivity contribution in [2.24, 2.45) is 0 Å². The smallest absolute Gasteiger partial charge is 0.342 e. The van der Waals surface area contributed by atoms with Crippen LogP contribution in [0.4, 0.5) is 0 Å². The molecule has 0 fully saturated rings. The molecule has 0 aliphatic heterocycles. The molecule has 0 aromatic heterocycles. The zero-order chi connectivity index (χ0) is 15.1. The molecule has 5 nitrogen and oxygen atoms in total. The summed E-state index contributed by atoms with van der Waals surface area (Å²) in [6.07, 6.45) is 0.892. The highest BCUT2D eigenvalue weighted by molar-refractivity contribution is 6.76. The van der Waals surface area contributed by atoms with Crippen LogP contribution in [0, 0.1) is 0 Å². The number of carbonyl (C=O) groups is 3. The maximum atomic E-state index is 11.7. The Balaban J connectivity index is 4.60. The molecule has 0 aliphatic carbocycles. The summed E-state index contributed by atoms with van der Waals surface area (Å²) >= 11 is 0. The van der Waals surface area contributed by atoms with Crippen molar-refractivity contribution >= 4 is 25.8 Å². The average Bonchev–Trinajstić information content (AvgIpc) is 2.23. The Morgan fingerprint density at radius 2 is 1.68 bits per heavy atom. The molecule has 0 aromatic carbocycles. The number of ether oxygens (including phenoxy) is 2. The Bertz CT molecular complexity index is 379. The average molecular weight is 286 g/mol. The van der Waals surface area contributed by atoms with Crippen LogP contribution in [0.2, 0.25) is 25.7 Å². The summed E-state index contributed by atoms with van der Waals surface area (Å²) < 4.78 is 9.68. The molecule has 0 spiro atoms. The predicted octanol–water partition coefficient (Wildman–Crippen LogP) is 1.95. The van der Waals surface area contributed by atoms with Crippen LogP contribution < -0.4 is 0 Å². The van der Waals surface area contributed by atoms with E-state index in [2.05, 4.69) is 24.4 Å². The van der Waals surface area contributed by atoms with Crippen molar-refractivity contribution < 1.29 is 23.9 Å². The van der Waals surface area contributed by atoms with Gasteiger partial charge in [-0.1, -0.05) is 19.6 Å². The summed E-state index contributed by atoms with van der Waals surface area (Å²) in [6, 6.07) is 0.809. The first-order valence-corrected chi connectivity index (χ1v) is 9.94. The molecule has 0 radical (unpaired) electrons. The SMILES string of the molecule is CCOC(=O)C=C(C(C)=O)C(=O)OCC[Si](C)(C)C. The van der Waals surface area contributed by atoms with Crippen molar-refractivity contribution in [1.29, 1.82) is 0 Å². The van der Waals surface area contributed by atoms with Gasteiger partial charge in [-0.3, -0.25) is 4.79 Å². The Hall–Kier alpha value is -1.43. The molecule has 0 bridgehead atoms. The Labute approximate surface area is 115 Å². The second-order valence-electron chi connectivity index (χ2n) is 5.31. The fourth-order valence-electron chi connectivity index (χ4n) is 1.13. The van der Waals surface area contributed by atoms with E-state index >= 15 is 0 Å². The van der Waals surface area contributed by atoms with Gasteiger partial charge in [-0.25, -0.2) is 9.59 Å². The van der Waals surface area contributed by atoms with Crippen molar-refractivity contribution in [2.75, 3.05) is 13.2 Å². The lowest BCUT2D eigenvalue weighted by Gasteiger charge is -2.15. The Morgan fingerprint density at radius 1 is 1.11 bits per heavy atom. The van der Waals surface area contributed by atoms with Crippen LogP contribution in [0.1, 0.15) is 13.8 Å². The minimum Gasteiger partial charge on any atom is -0.463 e.